The molecule has 0 spiro atoms. The van der Waals surface area contributed by atoms with Crippen molar-refractivity contribution < 1.29 is 15.0 Å². The summed E-state index contributed by atoms with van der Waals surface area (Å²) in [5, 5.41) is 22.3. The molecule has 1 aromatic carbocycles. The summed E-state index contributed by atoms with van der Waals surface area (Å²) in [6.45, 7) is 0. The lowest BCUT2D eigenvalue weighted by atomic mass is 10.0. The molecule has 17 heavy (non-hydrogen) atoms. The van der Waals surface area contributed by atoms with E-state index in [1.165, 1.54) is 6.07 Å². The van der Waals surface area contributed by atoms with Gasteiger partial charge in [0.2, 0.25) is 0 Å². The van der Waals surface area contributed by atoms with E-state index in [2.05, 4.69) is 21.2 Å². The molecule has 0 saturated heterocycles. The van der Waals surface area contributed by atoms with E-state index < -0.39 is 11.5 Å². The molecule has 1 aromatic rings. The lowest BCUT2D eigenvalue weighted by Gasteiger charge is -2.21. The number of aliphatic hydroxyl groups is 1. The molecule has 0 aliphatic heterocycles. The summed E-state index contributed by atoms with van der Waals surface area (Å²) in [6.07, 6.45) is 2.68. The Bertz CT molecular complexity index is 441. The molecule has 92 valence electrons. The SMILES string of the molecule is O=C(Nc1ccc(Br)cc1O)C1(O)CCCC1. The third kappa shape index (κ3) is 2.61. The fourth-order valence-corrected chi connectivity index (χ4v) is 2.39. The summed E-state index contributed by atoms with van der Waals surface area (Å²) in [6, 6.07) is 4.80. The van der Waals surface area contributed by atoms with Gasteiger partial charge in [-0.25, -0.2) is 0 Å². The Morgan fingerprint density at radius 2 is 2.00 bits per heavy atom. The lowest BCUT2D eigenvalue weighted by molar-refractivity contribution is -0.133. The second-order valence-electron chi connectivity index (χ2n) is 4.35. The Balaban J connectivity index is 2.13. The lowest BCUT2D eigenvalue weighted by Crippen LogP contribution is -2.40. The van der Waals surface area contributed by atoms with Crippen LogP contribution >= 0.6 is 15.9 Å². The van der Waals surface area contributed by atoms with Crippen molar-refractivity contribution in [3.8, 4) is 5.75 Å². The Morgan fingerprint density at radius 3 is 2.59 bits per heavy atom. The minimum absolute atomic E-state index is 0.0191. The summed E-state index contributed by atoms with van der Waals surface area (Å²) >= 11 is 3.22. The van der Waals surface area contributed by atoms with Gasteiger partial charge in [0.1, 0.15) is 11.4 Å². The topological polar surface area (TPSA) is 69.6 Å². The maximum absolute atomic E-state index is 11.9. The van der Waals surface area contributed by atoms with Gasteiger partial charge >= 0.3 is 0 Å². The van der Waals surface area contributed by atoms with Crippen LogP contribution in [0, 0.1) is 0 Å². The largest absolute Gasteiger partial charge is 0.506 e. The molecule has 5 heteroatoms. The predicted molar refractivity (Wildman–Crippen MR) is 67.9 cm³/mol. The van der Waals surface area contributed by atoms with Crippen LogP contribution < -0.4 is 5.32 Å². The van der Waals surface area contributed by atoms with Gasteiger partial charge in [-0.15, -0.1) is 0 Å². The number of halogens is 1. The molecule has 3 N–H and O–H groups in total. The number of anilines is 1. The van der Waals surface area contributed by atoms with Crippen LogP contribution in [-0.2, 0) is 4.79 Å². The highest BCUT2D eigenvalue weighted by molar-refractivity contribution is 9.10. The number of phenolic OH excluding ortho intramolecular Hbond substituents is 1. The highest BCUT2D eigenvalue weighted by atomic mass is 79.9. The fraction of sp³-hybridized carbons (Fsp3) is 0.417. The zero-order valence-corrected chi connectivity index (χ0v) is 10.8. The van der Waals surface area contributed by atoms with Gasteiger partial charge in [0.15, 0.2) is 0 Å². The average molecular weight is 300 g/mol. The first kappa shape index (κ1) is 12.4. The number of aromatic hydroxyl groups is 1. The van der Waals surface area contributed by atoms with Gasteiger partial charge in [0.25, 0.3) is 5.91 Å². The number of phenols is 1. The number of hydrogen-bond acceptors (Lipinski definition) is 3. The molecule has 0 atom stereocenters. The van der Waals surface area contributed by atoms with Crippen LogP contribution in [0.15, 0.2) is 22.7 Å². The van der Waals surface area contributed by atoms with Crippen molar-refractivity contribution in [3.63, 3.8) is 0 Å². The molecule has 1 saturated carbocycles. The maximum atomic E-state index is 11.9. The van der Waals surface area contributed by atoms with Crippen molar-refractivity contribution >= 4 is 27.5 Å². The van der Waals surface area contributed by atoms with E-state index in [0.29, 0.717) is 18.5 Å². The number of amides is 1. The Kier molecular flexibility index (Phi) is 3.40. The van der Waals surface area contributed by atoms with E-state index in [-0.39, 0.29) is 5.75 Å². The molecule has 0 unspecified atom stereocenters. The van der Waals surface area contributed by atoms with Gasteiger partial charge in [0.05, 0.1) is 5.69 Å². The minimum atomic E-state index is -1.28. The monoisotopic (exact) mass is 299 g/mol. The van der Waals surface area contributed by atoms with Crippen LogP contribution in [0.5, 0.6) is 5.75 Å². The van der Waals surface area contributed by atoms with Gasteiger partial charge in [-0.2, -0.15) is 0 Å². The number of nitrogens with one attached hydrogen (secondary N) is 1. The van der Waals surface area contributed by atoms with Crippen molar-refractivity contribution in [2.75, 3.05) is 5.32 Å². The van der Waals surface area contributed by atoms with Crippen LogP contribution in [0.4, 0.5) is 5.69 Å². The molecule has 2 rings (SSSR count). The Labute approximate surface area is 108 Å². The van der Waals surface area contributed by atoms with Crippen LogP contribution in [0.3, 0.4) is 0 Å². The highest BCUT2D eigenvalue weighted by Gasteiger charge is 2.38. The number of rotatable bonds is 2. The zero-order chi connectivity index (χ0) is 12.5. The third-order valence-corrected chi connectivity index (χ3v) is 3.55. The molecular weight excluding hydrogens is 286 g/mol. The summed E-state index contributed by atoms with van der Waals surface area (Å²) < 4.78 is 0.729. The molecule has 0 radical (unpaired) electrons. The van der Waals surface area contributed by atoms with E-state index >= 15 is 0 Å². The van der Waals surface area contributed by atoms with Crippen molar-refractivity contribution in [3.05, 3.63) is 22.7 Å². The van der Waals surface area contributed by atoms with Crippen molar-refractivity contribution in [1.29, 1.82) is 0 Å². The number of benzene rings is 1. The third-order valence-electron chi connectivity index (χ3n) is 3.06. The standard InChI is InChI=1S/C12H14BrNO3/c13-8-3-4-9(10(15)7-8)14-11(16)12(17)5-1-2-6-12/h3-4,7,15,17H,1-2,5-6H2,(H,14,16). The quantitative estimate of drug-likeness (QED) is 0.735. The number of hydrogen-bond donors (Lipinski definition) is 3. The molecule has 4 nitrogen and oxygen atoms in total. The molecule has 1 aliphatic carbocycles. The van der Waals surface area contributed by atoms with E-state index in [0.717, 1.165) is 17.3 Å². The van der Waals surface area contributed by atoms with Gasteiger partial charge in [0, 0.05) is 4.47 Å². The van der Waals surface area contributed by atoms with E-state index in [4.69, 9.17) is 0 Å². The van der Waals surface area contributed by atoms with Crippen molar-refractivity contribution in [2.45, 2.75) is 31.3 Å². The van der Waals surface area contributed by atoms with Gasteiger partial charge in [-0.05, 0) is 43.9 Å². The molecular formula is C12H14BrNO3. The summed E-state index contributed by atoms with van der Waals surface area (Å²) in [7, 11) is 0. The molecule has 0 aromatic heterocycles. The average Bonchev–Trinajstić information content (AvgIpc) is 2.71. The summed E-state index contributed by atoms with van der Waals surface area (Å²) in [5.41, 5.74) is -0.960. The van der Waals surface area contributed by atoms with E-state index in [1.807, 2.05) is 0 Å². The number of carbonyl (C=O) groups excluding carboxylic acids is 1. The predicted octanol–water partition coefficient (Wildman–Crippen LogP) is 2.40. The first-order valence-corrected chi connectivity index (χ1v) is 6.33. The highest BCUT2D eigenvalue weighted by Crippen LogP contribution is 2.32. The molecule has 0 bridgehead atoms. The second kappa shape index (κ2) is 4.66. The first-order chi connectivity index (χ1) is 8.01. The van der Waals surface area contributed by atoms with Crippen LogP contribution in [0.1, 0.15) is 25.7 Å². The molecule has 1 fully saturated rings. The molecule has 0 heterocycles. The summed E-state index contributed by atoms with van der Waals surface area (Å²) in [4.78, 5) is 11.9. The van der Waals surface area contributed by atoms with E-state index in [9.17, 15) is 15.0 Å². The normalized spacial score (nSPS) is 18.0. The summed E-state index contributed by atoms with van der Waals surface area (Å²) in [5.74, 6) is -0.457. The van der Waals surface area contributed by atoms with Gasteiger partial charge in [-0.1, -0.05) is 15.9 Å². The zero-order valence-electron chi connectivity index (χ0n) is 9.24. The second-order valence-corrected chi connectivity index (χ2v) is 5.27. The number of carbonyl (C=O) groups is 1. The van der Waals surface area contributed by atoms with Gasteiger partial charge < -0.3 is 15.5 Å². The van der Waals surface area contributed by atoms with Crippen LogP contribution in [0.25, 0.3) is 0 Å². The smallest absolute Gasteiger partial charge is 0.256 e. The first-order valence-electron chi connectivity index (χ1n) is 5.54. The van der Waals surface area contributed by atoms with Crippen LogP contribution in [0.2, 0.25) is 0 Å². The van der Waals surface area contributed by atoms with Crippen molar-refractivity contribution in [1.82, 2.24) is 0 Å². The van der Waals surface area contributed by atoms with Crippen LogP contribution in [-0.4, -0.2) is 21.7 Å². The van der Waals surface area contributed by atoms with Crippen molar-refractivity contribution in [2.24, 2.45) is 0 Å². The Morgan fingerprint density at radius 1 is 1.35 bits per heavy atom. The molecule has 1 amide bonds. The molecule has 1 aliphatic rings. The Hall–Kier alpha value is -1.07. The minimum Gasteiger partial charge on any atom is -0.506 e. The fourth-order valence-electron chi connectivity index (χ4n) is 2.04. The maximum Gasteiger partial charge on any atom is 0.256 e. The van der Waals surface area contributed by atoms with E-state index in [1.54, 1.807) is 12.1 Å². The van der Waals surface area contributed by atoms with Gasteiger partial charge in [-0.3, -0.25) is 4.79 Å².